The largest absolute Gasteiger partial charge is 0.399 e. The number of nitrogens with two attached hydrogens (primary N) is 1. The Hall–Kier alpha value is -1.96. The first-order valence-electron chi connectivity index (χ1n) is 6.53. The van der Waals surface area contributed by atoms with Crippen LogP contribution >= 0.6 is 0 Å². The molecule has 0 spiro atoms. The Kier molecular flexibility index (Phi) is 2.71. The number of anilines is 3. The van der Waals surface area contributed by atoms with E-state index in [0.717, 1.165) is 25.1 Å². The van der Waals surface area contributed by atoms with Crippen molar-refractivity contribution in [1.29, 1.82) is 0 Å². The number of hydrogen-bond acceptors (Lipinski definition) is 2. The average Bonchev–Trinajstić information content (AvgIpc) is 2.55. The number of para-hydroxylation sites is 1. The van der Waals surface area contributed by atoms with E-state index in [1.54, 1.807) is 0 Å². The molecule has 18 heavy (non-hydrogen) atoms. The van der Waals surface area contributed by atoms with Crippen LogP contribution in [0, 0.1) is 0 Å². The number of benzene rings is 2. The lowest BCUT2D eigenvalue weighted by molar-refractivity contribution is 0.978. The highest BCUT2D eigenvalue weighted by molar-refractivity contribution is 5.72. The topological polar surface area (TPSA) is 29.3 Å². The van der Waals surface area contributed by atoms with Gasteiger partial charge in [-0.05, 0) is 55.2 Å². The molecule has 2 nitrogen and oxygen atoms in total. The van der Waals surface area contributed by atoms with Crippen molar-refractivity contribution in [3.8, 4) is 0 Å². The molecule has 2 heteroatoms. The van der Waals surface area contributed by atoms with Gasteiger partial charge in [0.25, 0.3) is 0 Å². The van der Waals surface area contributed by atoms with Gasteiger partial charge in [-0.1, -0.05) is 18.2 Å². The second kappa shape index (κ2) is 4.37. The monoisotopic (exact) mass is 238 g/mol. The van der Waals surface area contributed by atoms with Gasteiger partial charge in [-0.3, -0.25) is 0 Å². The molecule has 0 aliphatic carbocycles. The minimum absolute atomic E-state index is 0.857. The number of hydrogen-bond donors (Lipinski definition) is 1. The molecule has 92 valence electrons. The van der Waals surface area contributed by atoms with Crippen LogP contribution in [0.15, 0.2) is 42.5 Å². The Morgan fingerprint density at radius 2 is 1.72 bits per heavy atom. The van der Waals surface area contributed by atoms with Gasteiger partial charge in [0.15, 0.2) is 0 Å². The predicted molar refractivity (Wildman–Crippen MR) is 77.4 cm³/mol. The summed E-state index contributed by atoms with van der Waals surface area (Å²) in [6.45, 7) is 3.18. The lowest BCUT2D eigenvalue weighted by Gasteiger charge is -2.25. The molecule has 0 amide bonds. The van der Waals surface area contributed by atoms with Crippen LogP contribution in [0.1, 0.15) is 18.1 Å². The van der Waals surface area contributed by atoms with Crippen LogP contribution in [0.25, 0.3) is 0 Å². The van der Waals surface area contributed by atoms with E-state index >= 15 is 0 Å². The third-order valence-corrected chi connectivity index (χ3v) is 3.66. The Bertz CT molecular complexity index is 575. The van der Waals surface area contributed by atoms with Crippen LogP contribution in [0.3, 0.4) is 0 Å². The second-order valence-corrected chi connectivity index (χ2v) is 4.76. The van der Waals surface area contributed by atoms with Gasteiger partial charge in [-0.2, -0.15) is 0 Å². The van der Waals surface area contributed by atoms with Crippen molar-refractivity contribution in [3.63, 3.8) is 0 Å². The summed E-state index contributed by atoms with van der Waals surface area (Å²) in [5.74, 6) is 0. The number of aryl methyl sites for hydroxylation is 2. The van der Waals surface area contributed by atoms with Gasteiger partial charge in [0.1, 0.15) is 0 Å². The van der Waals surface area contributed by atoms with Crippen molar-refractivity contribution in [1.82, 2.24) is 0 Å². The van der Waals surface area contributed by atoms with E-state index in [-0.39, 0.29) is 0 Å². The average molecular weight is 238 g/mol. The van der Waals surface area contributed by atoms with Crippen molar-refractivity contribution in [3.05, 3.63) is 53.6 Å². The summed E-state index contributed by atoms with van der Waals surface area (Å²) < 4.78 is 0. The van der Waals surface area contributed by atoms with Gasteiger partial charge >= 0.3 is 0 Å². The van der Waals surface area contributed by atoms with E-state index in [1.165, 1.54) is 22.5 Å². The molecule has 0 fully saturated rings. The van der Waals surface area contributed by atoms with Gasteiger partial charge in [0.05, 0.1) is 0 Å². The molecule has 0 saturated carbocycles. The first kappa shape index (κ1) is 11.1. The second-order valence-electron chi connectivity index (χ2n) is 4.76. The van der Waals surface area contributed by atoms with Gasteiger partial charge < -0.3 is 10.6 Å². The molecule has 1 heterocycles. The van der Waals surface area contributed by atoms with Crippen molar-refractivity contribution >= 4 is 17.1 Å². The van der Waals surface area contributed by atoms with Crippen LogP contribution in [-0.2, 0) is 12.8 Å². The van der Waals surface area contributed by atoms with Crippen molar-refractivity contribution in [2.75, 3.05) is 17.2 Å². The zero-order valence-corrected chi connectivity index (χ0v) is 10.7. The molecular formula is C16H18N2. The van der Waals surface area contributed by atoms with E-state index < -0.39 is 0 Å². The zero-order valence-electron chi connectivity index (χ0n) is 10.7. The van der Waals surface area contributed by atoms with Crippen LogP contribution in [0.2, 0.25) is 0 Å². The number of nitrogens with zero attached hydrogens (tertiary/aromatic N) is 1. The summed E-state index contributed by atoms with van der Waals surface area (Å²) in [6.07, 6.45) is 2.15. The highest BCUT2D eigenvalue weighted by Crippen LogP contribution is 2.36. The minimum Gasteiger partial charge on any atom is -0.399 e. The van der Waals surface area contributed by atoms with Crippen molar-refractivity contribution < 1.29 is 0 Å². The summed E-state index contributed by atoms with van der Waals surface area (Å²) in [4.78, 5) is 2.39. The van der Waals surface area contributed by atoms with E-state index in [0.29, 0.717) is 0 Å². The first-order valence-corrected chi connectivity index (χ1v) is 6.53. The Balaban J connectivity index is 2.18. The number of rotatable bonds is 1. The molecule has 2 N–H and O–H groups in total. The van der Waals surface area contributed by atoms with Gasteiger partial charge in [-0.15, -0.1) is 0 Å². The van der Waals surface area contributed by atoms with E-state index in [4.69, 9.17) is 5.73 Å². The number of nitrogen functional groups attached to an aromatic ring is 1. The number of fused-ring (bicyclic) bond motifs is 2. The summed E-state index contributed by atoms with van der Waals surface area (Å²) in [5, 5.41) is 0. The molecule has 3 rings (SSSR count). The molecule has 0 bridgehead atoms. The molecule has 0 radical (unpaired) electrons. The lowest BCUT2D eigenvalue weighted by atomic mass is 10.0. The third kappa shape index (κ3) is 1.74. The van der Waals surface area contributed by atoms with E-state index in [9.17, 15) is 0 Å². The fourth-order valence-corrected chi connectivity index (χ4v) is 2.79. The van der Waals surface area contributed by atoms with Crippen LogP contribution in [0.4, 0.5) is 17.1 Å². The third-order valence-electron chi connectivity index (χ3n) is 3.66. The molecule has 1 aliphatic heterocycles. The van der Waals surface area contributed by atoms with Crippen LogP contribution in [0.5, 0.6) is 0 Å². The maximum atomic E-state index is 5.91. The fourth-order valence-electron chi connectivity index (χ4n) is 2.79. The molecule has 0 saturated heterocycles. The quantitative estimate of drug-likeness (QED) is 0.770. The molecule has 1 aliphatic rings. The summed E-state index contributed by atoms with van der Waals surface area (Å²) in [6, 6.07) is 14.9. The van der Waals surface area contributed by atoms with E-state index in [1.807, 2.05) is 6.07 Å². The van der Waals surface area contributed by atoms with Crippen molar-refractivity contribution in [2.45, 2.75) is 19.8 Å². The first-order chi connectivity index (χ1) is 8.79. The molecule has 0 aromatic heterocycles. The van der Waals surface area contributed by atoms with Crippen LogP contribution in [-0.4, -0.2) is 6.54 Å². The smallest absolute Gasteiger partial charge is 0.0444 e. The van der Waals surface area contributed by atoms with Crippen molar-refractivity contribution in [2.24, 2.45) is 0 Å². The lowest BCUT2D eigenvalue weighted by Crippen LogP contribution is -2.17. The van der Waals surface area contributed by atoms with Gasteiger partial charge in [0, 0.05) is 23.6 Å². The normalized spacial score (nSPS) is 13.7. The maximum Gasteiger partial charge on any atom is 0.0444 e. The standard InChI is InChI=1S/C16H18N2/c1-2-18-15-6-4-3-5-12(15)7-8-13-11-14(17)9-10-16(13)18/h3-6,9-11H,2,7-8,17H2,1H3. The predicted octanol–water partition coefficient (Wildman–Crippen LogP) is 3.53. The molecular weight excluding hydrogens is 220 g/mol. The molecule has 2 aromatic carbocycles. The Morgan fingerprint density at radius 3 is 2.56 bits per heavy atom. The molecule has 0 atom stereocenters. The van der Waals surface area contributed by atoms with Crippen LogP contribution < -0.4 is 10.6 Å². The summed E-state index contributed by atoms with van der Waals surface area (Å²) in [5.41, 5.74) is 12.2. The molecule has 2 aromatic rings. The van der Waals surface area contributed by atoms with Gasteiger partial charge in [-0.25, -0.2) is 0 Å². The summed E-state index contributed by atoms with van der Waals surface area (Å²) in [7, 11) is 0. The fraction of sp³-hybridized carbons (Fsp3) is 0.250. The SMILES string of the molecule is CCN1c2ccccc2CCc2cc(N)ccc21. The zero-order chi connectivity index (χ0) is 12.5. The van der Waals surface area contributed by atoms with Gasteiger partial charge in [0.2, 0.25) is 0 Å². The highest BCUT2D eigenvalue weighted by atomic mass is 15.1. The van der Waals surface area contributed by atoms with E-state index in [2.05, 4.69) is 48.2 Å². The molecule has 0 unspecified atom stereocenters. The Labute approximate surface area is 108 Å². The summed E-state index contributed by atoms with van der Waals surface area (Å²) >= 11 is 0. The minimum atomic E-state index is 0.857. The maximum absolute atomic E-state index is 5.91. The highest BCUT2D eigenvalue weighted by Gasteiger charge is 2.18. The Morgan fingerprint density at radius 1 is 1.00 bits per heavy atom.